The summed E-state index contributed by atoms with van der Waals surface area (Å²) in [5, 5.41) is 0. The molecule has 0 saturated heterocycles. The van der Waals surface area contributed by atoms with Crippen LogP contribution < -0.4 is 4.72 Å². The van der Waals surface area contributed by atoms with E-state index in [1.807, 2.05) is 0 Å². The zero-order valence-corrected chi connectivity index (χ0v) is 10.8. The monoisotopic (exact) mass is 283 g/mol. The lowest BCUT2D eigenvalue weighted by Crippen LogP contribution is -2.14. The number of aryl methyl sites for hydroxylation is 1. The quantitative estimate of drug-likeness (QED) is 0.941. The molecule has 0 unspecified atom stereocenters. The normalized spacial score (nSPS) is 11.3. The molecule has 0 bridgehead atoms. The van der Waals surface area contributed by atoms with Crippen LogP contribution in [-0.2, 0) is 10.0 Å². The van der Waals surface area contributed by atoms with Gasteiger partial charge in [-0.05, 0) is 42.8 Å². The van der Waals surface area contributed by atoms with Crippen LogP contribution in [0.2, 0.25) is 0 Å². The molecule has 2 rings (SSSR count). The van der Waals surface area contributed by atoms with Gasteiger partial charge in [0.05, 0.1) is 0 Å². The molecule has 3 nitrogen and oxygen atoms in total. The van der Waals surface area contributed by atoms with Crippen molar-refractivity contribution < 1.29 is 17.2 Å². The van der Waals surface area contributed by atoms with E-state index >= 15 is 0 Å². The number of nitrogens with one attached hydrogen (secondary N) is 1. The molecular formula is C13H11F2NO2S. The van der Waals surface area contributed by atoms with Crippen molar-refractivity contribution in [3.8, 4) is 0 Å². The lowest BCUT2D eigenvalue weighted by molar-refractivity contribution is 0.570. The van der Waals surface area contributed by atoms with E-state index < -0.39 is 26.6 Å². The van der Waals surface area contributed by atoms with Gasteiger partial charge < -0.3 is 0 Å². The standard InChI is InChI=1S/C13H11F2NO2S/c1-9-8-10(6-7-11(9)14)16-19(17,18)13-5-3-2-4-12(13)15/h2-8,16H,1H3. The van der Waals surface area contributed by atoms with Gasteiger partial charge >= 0.3 is 0 Å². The van der Waals surface area contributed by atoms with Gasteiger partial charge in [0.1, 0.15) is 16.5 Å². The van der Waals surface area contributed by atoms with Crippen LogP contribution in [0.1, 0.15) is 5.56 Å². The smallest absolute Gasteiger partial charge is 0.264 e. The molecule has 0 radical (unpaired) electrons. The van der Waals surface area contributed by atoms with Crippen LogP contribution in [0, 0.1) is 18.6 Å². The second-order valence-electron chi connectivity index (χ2n) is 4.00. The first-order valence-corrected chi connectivity index (χ1v) is 6.92. The highest BCUT2D eigenvalue weighted by Gasteiger charge is 2.18. The Bertz CT molecular complexity index is 714. The van der Waals surface area contributed by atoms with Gasteiger partial charge in [-0.25, -0.2) is 17.2 Å². The van der Waals surface area contributed by atoms with E-state index in [9.17, 15) is 17.2 Å². The van der Waals surface area contributed by atoms with Crippen molar-refractivity contribution in [3.05, 3.63) is 59.7 Å². The lowest BCUT2D eigenvalue weighted by Gasteiger charge is -2.09. The van der Waals surface area contributed by atoms with Crippen LogP contribution in [0.15, 0.2) is 47.4 Å². The molecule has 6 heteroatoms. The molecule has 0 amide bonds. The molecule has 2 aromatic carbocycles. The lowest BCUT2D eigenvalue weighted by atomic mass is 10.2. The topological polar surface area (TPSA) is 46.2 Å². The van der Waals surface area contributed by atoms with Crippen molar-refractivity contribution in [1.82, 2.24) is 0 Å². The number of hydrogen-bond acceptors (Lipinski definition) is 2. The van der Waals surface area contributed by atoms with Crippen LogP contribution >= 0.6 is 0 Å². The van der Waals surface area contributed by atoms with Gasteiger partial charge in [-0.3, -0.25) is 4.72 Å². The Morgan fingerprint density at radius 3 is 2.32 bits per heavy atom. The van der Waals surface area contributed by atoms with Gasteiger partial charge in [-0.1, -0.05) is 12.1 Å². The Morgan fingerprint density at radius 1 is 1.00 bits per heavy atom. The number of hydrogen-bond donors (Lipinski definition) is 1. The number of benzene rings is 2. The van der Waals surface area contributed by atoms with E-state index in [0.717, 1.165) is 18.2 Å². The summed E-state index contributed by atoms with van der Waals surface area (Å²) >= 11 is 0. The van der Waals surface area contributed by atoms with E-state index in [2.05, 4.69) is 4.72 Å². The van der Waals surface area contributed by atoms with Crippen molar-refractivity contribution in [2.75, 3.05) is 4.72 Å². The summed E-state index contributed by atoms with van der Waals surface area (Å²) in [5.74, 6) is -1.28. The van der Waals surface area contributed by atoms with E-state index in [-0.39, 0.29) is 5.69 Å². The van der Waals surface area contributed by atoms with Crippen LogP contribution in [-0.4, -0.2) is 8.42 Å². The molecule has 0 aliphatic carbocycles. The molecule has 0 spiro atoms. The Hall–Kier alpha value is -1.95. The van der Waals surface area contributed by atoms with Crippen molar-refractivity contribution in [3.63, 3.8) is 0 Å². The van der Waals surface area contributed by atoms with Gasteiger partial charge in [0.2, 0.25) is 0 Å². The van der Waals surface area contributed by atoms with Gasteiger partial charge in [-0.15, -0.1) is 0 Å². The van der Waals surface area contributed by atoms with E-state index in [0.29, 0.717) is 5.56 Å². The molecule has 1 N–H and O–H groups in total. The van der Waals surface area contributed by atoms with Crippen LogP contribution in [0.5, 0.6) is 0 Å². The van der Waals surface area contributed by atoms with Gasteiger partial charge in [0.15, 0.2) is 0 Å². The Balaban J connectivity index is 2.37. The molecule has 0 heterocycles. The summed E-state index contributed by atoms with van der Waals surface area (Å²) in [6.45, 7) is 1.51. The molecule has 100 valence electrons. The third-order valence-electron chi connectivity index (χ3n) is 2.54. The van der Waals surface area contributed by atoms with Gasteiger partial charge in [0, 0.05) is 5.69 Å². The Morgan fingerprint density at radius 2 is 1.68 bits per heavy atom. The minimum atomic E-state index is -4.02. The third-order valence-corrected chi connectivity index (χ3v) is 3.95. The number of halogens is 2. The molecule has 19 heavy (non-hydrogen) atoms. The summed E-state index contributed by atoms with van der Waals surface area (Å²) in [6, 6.07) is 8.81. The van der Waals surface area contributed by atoms with Gasteiger partial charge in [0.25, 0.3) is 10.0 Å². The van der Waals surface area contributed by atoms with Crippen molar-refractivity contribution in [2.45, 2.75) is 11.8 Å². The first kappa shape index (κ1) is 13.5. The third kappa shape index (κ3) is 2.90. The maximum absolute atomic E-state index is 13.5. The van der Waals surface area contributed by atoms with Crippen LogP contribution in [0.4, 0.5) is 14.5 Å². The average Bonchev–Trinajstić information content (AvgIpc) is 2.34. The highest BCUT2D eigenvalue weighted by Crippen LogP contribution is 2.20. The first-order chi connectivity index (χ1) is 8.90. The summed E-state index contributed by atoms with van der Waals surface area (Å²) < 4.78 is 52.7. The largest absolute Gasteiger partial charge is 0.280 e. The highest BCUT2D eigenvalue weighted by atomic mass is 32.2. The number of rotatable bonds is 3. The van der Waals surface area contributed by atoms with E-state index in [1.165, 1.54) is 31.2 Å². The zero-order valence-electron chi connectivity index (χ0n) is 10.0. The van der Waals surface area contributed by atoms with Crippen LogP contribution in [0.3, 0.4) is 0 Å². The number of anilines is 1. The zero-order chi connectivity index (χ0) is 14.0. The van der Waals surface area contributed by atoms with Gasteiger partial charge in [-0.2, -0.15) is 0 Å². The van der Waals surface area contributed by atoms with Crippen molar-refractivity contribution in [1.29, 1.82) is 0 Å². The second kappa shape index (κ2) is 4.97. The molecule has 0 saturated carbocycles. The minimum absolute atomic E-state index is 0.183. The summed E-state index contributed by atoms with van der Waals surface area (Å²) in [5.41, 5.74) is 0.482. The van der Waals surface area contributed by atoms with E-state index in [1.54, 1.807) is 0 Å². The van der Waals surface area contributed by atoms with Crippen LogP contribution in [0.25, 0.3) is 0 Å². The second-order valence-corrected chi connectivity index (χ2v) is 5.65. The number of sulfonamides is 1. The SMILES string of the molecule is Cc1cc(NS(=O)(=O)c2ccccc2F)ccc1F. The Labute approximate surface area is 109 Å². The molecule has 0 atom stereocenters. The molecule has 2 aromatic rings. The predicted molar refractivity (Wildman–Crippen MR) is 68.3 cm³/mol. The summed E-state index contributed by atoms with van der Waals surface area (Å²) in [7, 11) is -4.02. The fourth-order valence-electron chi connectivity index (χ4n) is 1.58. The molecule has 0 fully saturated rings. The summed E-state index contributed by atoms with van der Waals surface area (Å²) in [4.78, 5) is -0.447. The maximum Gasteiger partial charge on any atom is 0.264 e. The van der Waals surface area contributed by atoms with Crippen molar-refractivity contribution in [2.24, 2.45) is 0 Å². The average molecular weight is 283 g/mol. The highest BCUT2D eigenvalue weighted by molar-refractivity contribution is 7.92. The minimum Gasteiger partial charge on any atom is -0.280 e. The fourth-order valence-corrected chi connectivity index (χ4v) is 2.71. The fraction of sp³-hybridized carbons (Fsp3) is 0.0769. The molecule has 0 aromatic heterocycles. The predicted octanol–water partition coefficient (Wildman–Crippen LogP) is 3.07. The molecule has 0 aliphatic rings. The Kier molecular flexibility index (Phi) is 3.53. The summed E-state index contributed by atoms with van der Waals surface area (Å²) in [6.07, 6.45) is 0. The van der Waals surface area contributed by atoms with Crippen molar-refractivity contribution >= 4 is 15.7 Å². The first-order valence-electron chi connectivity index (χ1n) is 5.43. The molecular weight excluding hydrogens is 272 g/mol. The maximum atomic E-state index is 13.5. The molecule has 0 aliphatic heterocycles. The van der Waals surface area contributed by atoms with E-state index in [4.69, 9.17) is 0 Å².